The maximum Gasteiger partial charge on any atom is 0.306 e. The van der Waals surface area contributed by atoms with Gasteiger partial charge in [0.15, 0.2) is 6.10 Å². The molecule has 0 saturated carbocycles. The molecule has 0 aliphatic rings. The number of carbonyl (C=O) groups excluding carboxylic acids is 3. The van der Waals surface area contributed by atoms with E-state index in [0.717, 1.165) is 70.6 Å². The molecule has 0 aromatic carbocycles. The molecular formula is C48H90O6. The van der Waals surface area contributed by atoms with Crippen LogP contribution in [0.5, 0.6) is 0 Å². The fourth-order valence-corrected chi connectivity index (χ4v) is 6.92. The van der Waals surface area contributed by atoms with Gasteiger partial charge in [-0.1, -0.05) is 213 Å². The Labute approximate surface area is 335 Å². The third-order valence-electron chi connectivity index (χ3n) is 10.5. The van der Waals surface area contributed by atoms with Crippen molar-refractivity contribution in [1.82, 2.24) is 0 Å². The average Bonchev–Trinajstić information content (AvgIpc) is 3.17. The molecule has 0 radical (unpaired) electrons. The number of allylic oxidation sites excluding steroid dienone is 2. The molecule has 1 atom stereocenters. The van der Waals surface area contributed by atoms with Crippen LogP contribution in [0.2, 0.25) is 0 Å². The van der Waals surface area contributed by atoms with Crippen LogP contribution >= 0.6 is 0 Å². The Hall–Kier alpha value is -1.85. The van der Waals surface area contributed by atoms with Crippen molar-refractivity contribution in [1.29, 1.82) is 0 Å². The maximum atomic E-state index is 12.7. The van der Waals surface area contributed by atoms with Gasteiger partial charge in [0, 0.05) is 19.3 Å². The van der Waals surface area contributed by atoms with Crippen LogP contribution in [-0.4, -0.2) is 37.2 Å². The molecule has 54 heavy (non-hydrogen) atoms. The van der Waals surface area contributed by atoms with Gasteiger partial charge in [-0.15, -0.1) is 0 Å². The summed E-state index contributed by atoms with van der Waals surface area (Å²) in [5, 5.41) is 0. The minimum atomic E-state index is -0.764. The molecule has 0 N–H and O–H groups in total. The van der Waals surface area contributed by atoms with Crippen LogP contribution in [0.4, 0.5) is 0 Å². The van der Waals surface area contributed by atoms with Gasteiger partial charge in [0.1, 0.15) is 13.2 Å². The van der Waals surface area contributed by atoms with E-state index in [1.54, 1.807) is 0 Å². The Morgan fingerprint density at radius 3 is 1.00 bits per heavy atom. The smallest absolute Gasteiger partial charge is 0.306 e. The Bertz CT molecular complexity index is 839. The number of carbonyl (C=O) groups is 3. The van der Waals surface area contributed by atoms with Gasteiger partial charge in [0.2, 0.25) is 0 Å². The van der Waals surface area contributed by atoms with E-state index in [0.29, 0.717) is 19.3 Å². The van der Waals surface area contributed by atoms with E-state index in [-0.39, 0.29) is 31.1 Å². The molecule has 0 aromatic rings. The van der Waals surface area contributed by atoms with Crippen molar-refractivity contribution in [3.8, 4) is 0 Å². The first-order valence-corrected chi connectivity index (χ1v) is 23.7. The molecule has 0 aromatic heterocycles. The summed E-state index contributed by atoms with van der Waals surface area (Å²) in [6.07, 6.45) is 46.2. The summed E-state index contributed by atoms with van der Waals surface area (Å²) < 4.78 is 16.7. The van der Waals surface area contributed by atoms with E-state index in [2.05, 4.69) is 32.9 Å². The highest BCUT2D eigenvalue weighted by molar-refractivity contribution is 5.71. The number of unbranched alkanes of at least 4 members (excludes halogenated alkanes) is 30. The molecule has 0 amide bonds. The Balaban J connectivity index is 4.30. The lowest BCUT2D eigenvalue weighted by atomic mass is 10.0. The monoisotopic (exact) mass is 763 g/mol. The lowest BCUT2D eigenvalue weighted by molar-refractivity contribution is -0.167. The van der Waals surface area contributed by atoms with Crippen molar-refractivity contribution >= 4 is 17.9 Å². The normalized spacial score (nSPS) is 12.0. The van der Waals surface area contributed by atoms with Gasteiger partial charge in [-0.05, 0) is 38.5 Å². The van der Waals surface area contributed by atoms with Crippen molar-refractivity contribution in [2.45, 2.75) is 264 Å². The SMILES string of the molecule is CCC/C=C\CCCCCCCC(=O)OCC(COC(=O)CCCCCCCCCCCCCCCCC)OC(=O)CCCCCCCCCCCCC. The molecule has 0 fully saturated rings. The molecule has 0 rings (SSSR count). The first kappa shape index (κ1) is 52.2. The zero-order valence-corrected chi connectivity index (χ0v) is 36.3. The van der Waals surface area contributed by atoms with E-state index in [1.807, 2.05) is 0 Å². The van der Waals surface area contributed by atoms with E-state index in [9.17, 15) is 14.4 Å². The molecule has 0 spiro atoms. The Morgan fingerprint density at radius 2 is 0.648 bits per heavy atom. The van der Waals surface area contributed by atoms with Gasteiger partial charge < -0.3 is 14.2 Å². The van der Waals surface area contributed by atoms with Gasteiger partial charge in [-0.25, -0.2) is 0 Å². The number of hydrogen-bond acceptors (Lipinski definition) is 6. The lowest BCUT2D eigenvalue weighted by Gasteiger charge is -2.18. The fourth-order valence-electron chi connectivity index (χ4n) is 6.92. The van der Waals surface area contributed by atoms with Gasteiger partial charge in [-0.2, -0.15) is 0 Å². The van der Waals surface area contributed by atoms with Crippen LogP contribution < -0.4 is 0 Å². The largest absolute Gasteiger partial charge is 0.462 e. The minimum absolute atomic E-state index is 0.0679. The molecule has 6 nitrogen and oxygen atoms in total. The predicted molar refractivity (Wildman–Crippen MR) is 229 cm³/mol. The second-order valence-electron chi connectivity index (χ2n) is 16.0. The van der Waals surface area contributed by atoms with Gasteiger partial charge >= 0.3 is 17.9 Å². The Kier molecular flexibility index (Phi) is 42.4. The molecule has 6 heteroatoms. The summed E-state index contributed by atoms with van der Waals surface area (Å²) >= 11 is 0. The standard InChI is InChI=1S/C48H90O6/c1-4-7-10-13-16-19-22-23-24-25-27-29-32-35-38-41-47(50)53-44-45(43-52-46(49)40-37-34-31-28-21-18-15-12-9-6-3)54-48(51)42-39-36-33-30-26-20-17-14-11-8-5-2/h12,15,45H,4-11,13-14,16-44H2,1-3H3/b15-12-. The highest BCUT2D eigenvalue weighted by atomic mass is 16.6. The second-order valence-corrected chi connectivity index (χ2v) is 16.0. The summed E-state index contributed by atoms with van der Waals surface area (Å²) in [7, 11) is 0. The fraction of sp³-hybridized carbons (Fsp3) is 0.896. The lowest BCUT2D eigenvalue weighted by Crippen LogP contribution is -2.30. The quantitative estimate of drug-likeness (QED) is 0.0266. The maximum absolute atomic E-state index is 12.7. The van der Waals surface area contributed by atoms with Crippen molar-refractivity contribution < 1.29 is 28.6 Å². The van der Waals surface area contributed by atoms with E-state index < -0.39 is 6.10 Å². The molecule has 1 unspecified atom stereocenters. The highest BCUT2D eigenvalue weighted by Crippen LogP contribution is 2.16. The first-order valence-electron chi connectivity index (χ1n) is 23.7. The topological polar surface area (TPSA) is 78.9 Å². The van der Waals surface area contributed by atoms with E-state index in [4.69, 9.17) is 14.2 Å². The molecule has 0 heterocycles. The molecular weight excluding hydrogens is 673 g/mol. The molecule has 0 bridgehead atoms. The zero-order valence-electron chi connectivity index (χ0n) is 36.3. The summed E-state index contributed by atoms with van der Waals surface area (Å²) in [6, 6.07) is 0. The van der Waals surface area contributed by atoms with Crippen LogP contribution in [-0.2, 0) is 28.6 Å². The van der Waals surface area contributed by atoms with Gasteiger partial charge in [-0.3, -0.25) is 14.4 Å². The van der Waals surface area contributed by atoms with Crippen molar-refractivity contribution in [2.75, 3.05) is 13.2 Å². The van der Waals surface area contributed by atoms with E-state index in [1.165, 1.54) is 148 Å². The van der Waals surface area contributed by atoms with Crippen molar-refractivity contribution in [2.24, 2.45) is 0 Å². The zero-order chi connectivity index (χ0) is 39.4. The average molecular weight is 763 g/mol. The number of esters is 3. The third kappa shape index (κ3) is 41.3. The van der Waals surface area contributed by atoms with Crippen molar-refractivity contribution in [3.63, 3.8) is 0 Å². The minimum Gasteiger partial charge on any atom is -0.462 e. The number of hydrogen-bond donors (Lipinski definition) is 0. The number of rotatable bonds is 43. The van der Waals surface area contributed by atoms with Crippen LogP contribution in [0, 0.1) is 0 Å². The summed E-state index contributed by atoms with van der Waals surface area (Å²) in [4.78, 5) is 37.7. The molecule has 0 saturated heterocycles. The molecule has 318 valence electrons. The van der Waals surface area contributed by atoms with Crippen LogP contribution in [0.1, 0.15) is 258 Å². The highest BCUT2D eigenvalue weighted by Gasteiger charge is 2.19. The van der Waals surface area contributed by atoms with Crippen LogP contribution in [0.25, 0.3) is 0 Å². The number of ether oxygens (including phenoxy) is 3. The summed E-state index contributed by atoms with van der Waals surface area (Å²) in [6.45, 7) is 6.58. The van der Waals surface area contributed by atoms with Crippen LogP contribution in [0.15, 0.2) is 12.2 Å². The van der Waals surface area contributed by atoms with Crippen molar-refractivity contribution in [3.05, 3.63) is 12.2 Å². The van der Waals surface area contributed by atoms with Gasteiger partial charge in [0.05, 0.1) is 0 Å². The predicted octanol–water partition coefficient (Wildman–Crippen LogP) is 15.0. The van der Waals surface area contributed by atoms with E-state index >= 15 is 0 Å². The van der Waals surface area contributed by atoms with Crippen LogP contribution in [0.3, 0.4) is 0 Å². The Morgan fingerprint density at radius 1 is 0.352 bits per heavy atom. The second kappa shape index (κ2) is 43.9. The first-order chi connectivity index (χ1) is 26.5. The van der Waals surface area contributed by atoms with Gasteiger partial charge in [0.25, 0.3) is 0 Å². The molecule has 0 aliphatic carbocycles. The third-order valence-corrected chi connectivity index (χ3v) is 10.5. The summed E-state index contributed by atoms with van der Waals surface area (Å²) in [5.74, 6) is -0.869. The summed E-state index contributed by atoms with van der Waals surface area (Å²) in [5.41, 5.74) is 0. The molecule has 0 aliphatic heterocycles.